The van der Waals surface area contributed by atoms with Gasteiger partial charge in [0.25, 0.3) is 0 Å². The van der Waals surface area contributed by atoms with Gasteiger partial charge < -0.3 is 34.3 Å². The number of hydrogen-bond donors (Lipinski definition) is 3. The van der Waals surface area contributed by atoms with Gasteiger partial charge in [-0.15, -0.1) is 0 Å². The molecule has 12 atom stereocenters. The monoisotopic (exact) mass is 785 g/mol. The van der Waals surface area contributed by atoms with E-state index < -0.39 is 48.6 Å². The fraction of sp³-hybridized carbons (Fsp3) is 1.00. The van der Waals surface area contributed by atoms with Gasteiger partial charge in [0, 0.05) is 60.4 Å². The number of aliphatic hydroxyl groups excluding tert-OH is 2. The summed E-state index contributed by atoms with van der Waals surface area (Å²) in [6, 6.07) is 0.343. The summed E-state index contributed by atoms with van der Waals surface area (Å²) in [4.78, 5) is 9.61. The molecule has 3 fully saturated rings. The van der Waals surface area contributed by atoms with Crippen LogP contribution in [0.3, 0.4) is 0 Å². The lowest BCUT2D eigenvalue weighted by Crippen LogP contribution is -2.72. The molecule has 3 rings (SSSR count). The summed E-state index contributed by atoms with van der Waals surface area (Å²) in [5.74, 6) is 0.325. The Morgan fingerprint density at radius 2 is 0.909 bits per heavy atom. The van der Waals surface area contributed by atoms with Gasteiger partial charge in [-0.2, -0.15) is 0 Å². The first-order valence-corrected chi connectivity index (χ1v) is 22.1. The predicted molar refractivity (Wildman–Crippen MR) is 223 cm³/mol. The first kappa shape index (κ1) is 48.9. The van der Waals surface area contributed by atoms with Crippen LogP contribution in [0.4, 0.5) is 0 Å². The van der Waals surface area contributed by atoms with Gasteiger partial charge in [-0.3, -0.25) is 19.6 Å². The summed E-state index contributed by atoms with van der Waals surface area (Å²) in [6.45, 7) is 41.1. The Morgan fingerprint density at radius 3 is 1.29 bits per heavy atom. The number of ether oxygens (including phenoxy) is 4. The molecule has 0 aromatic carbocycles. The average Bonchev–Trinajstić information content (AvgIpc) is 3.02. The van der Waals surface area contributed by atoms with Crippen LogP contribution in [-0.4, -0.2) is 163 Å². The molecule has 3 N–H and O–H groups in total. The van der Waals surface area contributed by atoms with Gasteiger partial charge in [-0.1, -0.05) is 13.8 Å². The van der Waals surface area contributed by atoms with Crippen LogP contribution < -0.4 is 0 Å². The maximum absolute atomic E-state index is 13.0. The molecule has 0 aromatic heterocycles. The molecule has 0 aromatic rings. The number of hydrogen-bond acceptors (Lipinski definition) is 11. The van der Waals surface area contributed by atoms with Crippen molar-refractivity contribution in [3.05, 3.63) is 0 Å². The summed E-state index contributed by atoms with van der Waals surface area (Å²) in [5.41, 5.74) is -1.31. The molecule has 1 aliphatic carbocycles. The highest BCUT2D eigenvalue weighted by Gasteiger charge is 2.56. The standard InChI is InChI=1S/C44H88N4O7/c1-24(2)36-21-20-33(45(25(3)4)26(5)6)42(53-36)54-39-34(46(27(7)8)28(9)10)22-35(47(29(11)12)30(13)14)40(37(39)49)55-43-38(50)41(44(19,51)23-52-43)48(31(15)16)32(17)18/h24-43,49-51H,20-23H2,1-19H3/t33-,34+,35-,36?,37+,38-,39-,40+,41-,42-,43-,44+/m1/s1. The predicted octanol–water partition coefficient (Wildman–Crippen LogP) is 6.10. The fourth-order valence-electron chi connectivity index (χ4n) is 11.0. The molecule has 11 heteroatoms. The molecule has 0 bridgehead atoms. The lowest BCUT2D eigenvalue weighted by molar-refractivity contribution is -0.331. The minimum absolute atomic E-state index is 0.00759. The molecule has 3 aliphatic rings. The normalized spacial score (nSPS) is 35.7. The zero-order valence-corrected chi connectivity index (χ0v) is 38.6. The third-order valence-electron chi connectivity index (χ3n) is 12.6. The third kappa shape index (κ3) is 11.2. The van der Waals surface area contributed by atoms with Crippen LogP contribution in [0.5, 0.6) is 0 Å². The summed E-state index contributed by atoms with van der Waals surface area (Å²) in [6.07, 6.45) is -2.68. The minimum atomic E-state index is -1.31. The number of aliphatic hydroxyl groups is 3. The zero-order valence-electron chi connectivity index (χ0n) is 38.6. The Kier molecular flexibility index (Phi) is 18.0. The molecule has 11 nitrogen and oxygen atoms in total. The van der Waals surface area contributed by atoms with Crippen molar-refractivity contribution in [2.45, 2.75) is 272 Å². The molecule has 326 valence electrons. The third-order valence-corrected chi connectivity index (χ3v) is 12.6. The fourth-order valence-corrected chi connectivity index (χ4v) is 11.0. The van der Waals surface area contributed by atoms with Crippen LogP contribution in [0, 0.1) is 5.92 Å². The summed E-state index contributed by atoms with van der Waals surface area (Å²) in [7, 11) is 0. The largest absolute Gasteiger partial charge is 0.388 e. The highest BCUT2D eigenvalue weighted by molar-refractivity contribution is 5.07. The number of nitrogens with zero attached hydrogens (tertiary/aromatic N) is 4. The van der Waals surface area contributed by atoms with E-state index in [0.717, 1.165) is 12.8 Å². The van der Waals surface area contributed by atoms with Crippen LogP contribution in [0.2, 0.25) is 0 Å². The molecule has 55 heavy (non-hydrogen) atoms. The summed E-state index contributed by atoms with van der Waals surface area (Å²) in [5, 5.41) is 36.9. The highest BCUT2D eigenvalue weighted by Crippen LogP contribution is 2.41. The molecule has 1 unspecified atom stereocenters. The maximum atomic E-state index is 13.0. The Hall–Kier alpha value is -0.440. The average molecular weight is 785 g/mol. The van der Waals surface area contributed by atoms with Crippen LogP contribution >= 0.6 is 0 Å². The molecule has 0 radical (unpaired) electrons. The van der Waals surface area contributed by atoms with Crippen molar-refractivity contribution in [1.29, 1.82) is 0 Å². The lowest BCUT2D eigenvalue weighted by atomic mass is 9.79. The van der Waals surface area contributed by atoms with Crippen LogP contribution in [-0.2, 0) is 18.9 Å². The van der Waals surface area contributed by atoms with E-state index in [0.29, 0.717) is 12.3 Å². The molecule has 0 spiro atoms. The first-order chi connectivity index (χ1) is 25.3. The van der Waals surface area contributed by atoms with E-state index in [1.807, 2.05) is 0 Å². The van der Waals surface area contributed by atoms with Gasteiger partial charge in [-0.25, -0.2) is 0 Å². The van der Waals surface area contributed by atoms with E-state index in [4.69, 9.17) is 18.9 Å². The highest BCUT2D eigenvalue weighted by atomic mass is 16.7. The maximum Gasteiger partial charge on any atom is 0.185 e. The topological polar surface area (TPSA) is 111 Å². The Balaban J connectivity index is 2.21. The van der Waals surface area contributed by atoms with Gasteiger partial charge in [0.1, 0.15) is 30.0 Å². The molecule has 2 heterocycles. The van der Waals surface area contributed by atoms with Crippen LogP contribution in [0.25, 0.3) is 0 Å². The van der Waals surface area contributed by atoms with Gasteiger partial charge in [-0.05, 0) is 143 Å². The van der Waals surface area contributed by atoms with Crippen molar-refractivity contribution in [3.63, 3.8) is 0 Å². The summed E-state index contributed by atoms with van der Waals surface area (Å²) < 4.78 is 27.6. The second-order valence-corrected chi connectivity index (χ2v) is 20.0. The van der Waals surface area contributed by atoms with Gasteiger partial charge >= 0.3 is 0 Å². The van der Waals surface area contributed by atoms with Crippen molar-refractivity contribution in [3.8, 4) is 0 Å². The van der Waals surface area contributed by atoms with E-state index >= 15 is 0 Å². The Morgan fingerprint density at radius 1 is 0.527 bits per heavy atom. The second-order valence-electron chi connectivity index (χ2n) is 20.0. The second kappa shape index (κ2) is 20.2. The van der Waals surface area contributed by atoms with E-state index in [1.165, 1.54) is 0 Å². The van der Waals surface area contributed by atoms with Crippen molar-refractivity contribution in [2.75, 3.05) is 6.61 Å². The molecular formula is C44H88N4O7. The van der Waals surface area contributed by atoms with Crippen molar-refractivity contribution in [1.82, 2.24) is 19.6 Å². The molecule has 2 saturated heterocycles. The quantitative estimate of drug-likeness (QED) is 0.159. The first-order valence-electron chi connectivity index (χ1n) is 22.1. The van der Waals surface area contributed by atoms with Gasteiger partial charge in [0.05, 0.1) is 24.8 Å². The number of rotatable bonds is 17. The van der Waals surface area contributed by atoms with Crippen molar-refractivity contribution >= 4 is 0 Å². The minimum Gasteiger partial charge on any atom is -0.388 e. The van der Waals surface area contributed by atoms with Crippen molar-refractivity contribution < 1.29 is 34.3 Å². The lowest BCUT2D eigenvalue weighted by Gasteiger charge is -2.57. The van der Waals surface area contributed by atoms with E-state index in [1.54, 1.807) is 6.92 Å². The van der Waals surface area contributed by atoms with Gasteiger partial charge in [0.15, 0.2) is 12.6 Å². The van der Waals surface area contributed by atoms with Crippen LogP contribution in [0.15, 0.2) is 0 Å². The smallest absolute Gasteiger partial charge is 0.185 e. The van der Waals surface area contributed by atoms with Gasteiger partial charge in [0.2, 0.25) is 0 Å². The van der Waals surface area contributed by atoms with Crippen LogP contribution in [0.1, 0.15) is 151 Å². The molecule has 2 aliphatic heterocycles. The summed E-state index contributed by atoms with van der Waals surface area (Å²) >= 11 is 0. The Labute approximate surface area is 337 Å². The van der Waals surface area contributed by atoms with E-state index in [2.05, 4.69) is 144 Å². The zero-order chi connectivity index (χ0) is 42.0. The van der Waals surface area contributed by atoms with E-state index in [-0.39, 0.29) is 79.2 Å². The molecular weight excluding hydrogens is 697 g/mol. The van der Waals surface area contributed by atoms with Crippen molar-refractivity contribution in [2.24, 2.45) is 5.92 Å². The molecule has 0 amide bonds. The Bertz CT molecular complexity index is 1100. The molecule has 1 saturated carbocycles. The van der Waals surface area contributed by atoms with E-state index in [9.17, 15) is 15.3 Å². The SMILES string of the molecule is CC(C)C1CC[C@@H](N(C(C)C)C(C)C)[C@@H](O[C@H]2[C@H](O)[C@@H](O[C@H]3OC[C@](C)(O)[C@H](N(C(C)C)C(C)C)[C@H]3O)[C@H](N(C(C)C)C(C)C)C[C@@H]2N(C(C)C)C(C)C)O1.